The van der Waals surface area contributed by atoms with Crippen LogP contribution in [0.4, 0.5) is 0 Å². The Kier molecular flexibility index (Phi) is 4.55. The molecule has 2 rings (SSSR count). The van der Waals surface area contributed by atoms with Gasteiger partial charge in [0.2, 0.25) is 0 Å². The van der Waals surface area contributed by atoms with Crippen molar-refractivity contribution >= 4 is 0 Å². The minimum Gasteiger partial charge on any atom is -0.382 e. The average molecular weight is 231 g/mol. The highest BCUT2D eigenvalue weighted by Gasteiger charge is 2.42. The van der Waals surface area contributed by atoms with Crippen molar-refractivity contribution in [2.75, 3.05) is 33.5 Å². The maximum atomic E-state index is 5.89. The zero-order valence-corrected chi connectivity index (χ0v) is 9.76. The van der Waals surface area contributed by atoms with Crippen LogP contribution in [0, 0.1) is 0 Å². The van der Waals surface area contributed by atoms with Gasteiger partial charge in [0.05, 0.1) is 38.1 Å². The third-order valence-electron chi connectivity index (χ3n) is 3.15. The summed E-state index contributed by atoms with van der Waals surface area (Å²) in [6.07, 6.45) is 2.25. The van der Waals surface area contributed by atoms with Crippen LogP contribution in [0.2, 0.25) is 0 Å². The van der Waals surface area contributed by atoms with Crippen molar-refractivity contribution < 1.29 is 18.9 Å². The third-order valence-corrected chi connectivity index (χ3v) is 3.15. The summed E-state index contributed by atoms with van der Waals surface area (Å²) in [6, 6.07) is 0.101. The second-order valence-electron chi connectivity index (χ2n) is 4.39. The lowest BCUT2D eigenvalue weighted by Gasteiger charge is -2.42. The van der Waals surface area contributed by atoms with E-state index in [-0.39, 0.29) is 24.4 Å². The van der Waals surface area contributed by atoms with Crippen LogP contribution in [0.25, 0.3) is 0 Å². The first-order valence-corrected chi connectivity index (χ1v) is 5.90. The largest absolute Gasteiger partial charge is 0.382 e. The summed E-state index contributed by atoms with van der Waals surface area (Å²) in [5.74, 6) is 0. The maximum absolute atomic E-state index is 5.89. The molecule has 2 fully saturated rings. The van der Waals surface area contributed by atoms with Crippen molar-refractivity contribution in [1.82, 2.24) is 0 Å². The molecule has 4 atom stereocenters. The fourth-order valence-corrected chi connectivity index (χ4v) is 2.12. The van der Waals surface area contributed by atoms with Crippen LogP contribution in [-0.4, -0.2) is 57.9 Å². The molecule has 0 spiro atoms. The maximum Gasteiger partial charge on any atom is 0.0989 e. The lowest BCUT2D eigenvalue weighted by atomic mass is 9.86. The van der Waals surface area contributed by atoms with Gasteiger partial charge >= 0.3 is 0 Å². The van der Waals surface area contributed by atoms with Gasteiger partial charge in [0.25, 0.3) is 0 Å². The van der Waals surface area contributed by atoms with E-state index in [1.165, 1.54) is 0 Å². The van der Waals surface area contributed by atoms with E-state index >= 15 is 0 Å². The summed E-state index contributed by atoms with van der Waals surface area (Å²) in [7, 11) is 1.66. The van der Waals surface area contributed by atoms with Gasteiger partial charge in [-0.25, -0.2) is 0 Å². The van der Waals surface area contributed by atoms with Crippen LogP contribution in [0.1, 0.15) is 12.8 Å². The normalized spacial score (nSPS) is 38.6. The number of hydrogen-bond donors (Lipinski definition) is 1. The van der Waals surface area contributed by atoms with Gasteiger partial charge in [0, 0.05) is 19.8 Å². The first kappa shape index (κ1) is 12.3. The zero-order chi connectivity index (χ0) is 11.4. The van der Waals surface area contributed by atoms with Crippen molar-refractivity contribution in [3.8, 4) is 0 Å². The standard InChI is InChI=1S/C11H21NO4/c1-13-4-5-15-11-9(12)6-10(11)16-8-2-3-14-7-8/h8-11H,2-7,12H2,1H3. The highest BCUT2D eigenvalue weighted by Crippen LogP contribution is 2.28. The average Bonchev–Trinajstić information content (AvgIpc) is 2.76. The van der Waals surface area contributed by atoms with E-state index in [1.807, 2.05) is 0 Å². The van der Waals surface area contributed by atoms with Crippen molar-refractivity contribution in [3.05, 3.63) is 0 Å². The van der Waals surface area contributed by atoms with E-state index in [2.05, 4.69) is 0 Å². The monoisotopic (exact) mass is 231 g/mol. The first-order chi connectivity index (χ1) is 7.81. The van der Waals surface area contributed by atoms with Crippen LogP contribution in [0.15, 0.2) is 0 Å². The van der Waals surface area contributed by atoms with Crippen molar-refractivity contribution in [3.63, 3.8) is 0 Å². The molecule has 1 aliphatic carbocycles. The molecular weight excluding hydrogens is 210 g/mol. The number of nitrogens with two attached hydrogens (primary N) is 1. The van der Waals surface area contributed by atoms with Crippen LogP contribution in [-0.2, 0) is 18.9 Å². The summed E-state index contributed by atoms with van der Waals surface area (Å²) in [6.45, 7) is 2.69. The highest BCUT2D eigenvalue weighted by molar-refractivity contribution is 4.95. The first-order valence-electron chi connectivity index (χ1n) is 5.90. The molecule has 5 heteroatoms. The van der Waals surface area contributed by atoms with Crippen LogP contribution < -0.4 is 5.73 Å². The molecule has 0 radical (unpaired) electrons. The number of methoxy groups -OCH3 is 1. The predicted molar refractivity (Wildman–Crippen MR) is 58.3 cm³/mol. The topological polar surface area (TPSA) is 62.9 Å². The van der Waals surface area contributed by atoms with E-state index in [4.69, 9.17) is 24.7 Å². The van der Waals surface area contributed by atoms with E-state index < -0.39 is 0 Å². The Morgan fingerprint density at radius 3 is 2.88 bits per heavy atom. The molecule has 0 aromatic rings. The van der Waals surface area contributed by atoms with Gasteiger partial charge in [-0.15, -0.1) is 0 Å². The summed E-state index contributed by atoms with van der Waals surface area (Å²) >= 11 is 0. The molecular formula is C11H21NO4. The van der Waals surface area contributed by atoms with Gasteiger partial charge in [-0.1, -0.05) is 0 Å². The Bertz CT molecular complexity index is 208. The molecule has 2 N–H and O–H groups in total. The lowest BCUT2D eigenvalue weighted by molar-refractivity contribution is -0.164. The van der Waals surface area contributed by atoms with Crippen molar-refractivity contribution in [1.29, 1.82) is 0 Å². The van der Waals surface area contributed by atoms with Crippen LogP contribution in [0.3, 0.4) is 0 Å². The minimum atomic E-state index is 0.0238. The van der Waals surface area contributed by atoms with E-state index in [0.717, 1.165) is 19.4 Å². The second kappa shape index (κ2) is 5.93. The molecule has 0 aromatic heterocycles. The zero-order valence-electron chi connectivity index (χ0n) is 9.76. The summed E-state index contributed by atoms with van der Waals surface area (Å²) in [5, 5.41) is 0. The summed E-state index contributed by atoms with van der Waals surface area (Å²) < 4.78 is 21.7. The molecule has 0 bridgehead atoms. The quantitative estimate of drug-likeness (QED) is 0.648. The molecule has 1 saturated heterocycles. The lowest BCUT2D eigenvalue weighted by Crippen LogP contribution is -2.59. The third kappa shape index (κ3) is 2.93. The second-order valence-corrected chi connectivity index (χ2v) is 4.39. The van der Waals surface area contributed by atoms with Gasteiger partial charge < -0.3 is 24.7 Å². The highest BCUT2D eigenvalue weighted by atomic mass is 16.6. The molecule has 1 aliphatic heterocycles. The number of hydrogen-bond acceptors (Lipinski definition) is 5. The van der Waals surface area contributed by atoms with Gasteiger partial charge in [-0.2, -0.15) is 0 Å². The van der Waals surface area contributed by atoms with Crippen molar-refractivity contribution in [2.45, 2.75) is 37.2 Å². The molecule has 16 heavy (non-hydrogen) atoms. The Morgan fingerprint density at radius 2 is 2.25 bits per heavy atom. The minimum absolute atomic E-state index is 0.0238. The molecule has 0 aromatic carbocycles. The fourth-order valence-electron chi connectivity index (χ4n) is 2.12. The number of rotatable bonds is 6. The van der Waals surface area contributed by atoms with Gasteiger partial charge in [-0.05, 0) is 12.8 Å². The molecule has 1 saturated carbocycles. The van der Waals surface area contributed by atoms with Crippen molar-refractivity contribution in [2.24, 2.45) is 5.73 Å². The Hall–Kier alpha value is -0.200. The molecule has 2 aliphatic rings. The Balaban J connectivity index is 1.68. The van der Waals surface area contributed by atoms with Gasteiger partial charge in [0.15, 0.2) is 0 Å². The molecule has 4 unspecified atom stereocenters. The smallest absolute Gasteiger partial charge is 0.0989 e. The van der Waals surface area contributed by atoms with E-state index in [1.54, 1.807) is 7.11 Å². The Morgan fingerprint density at radius 1 is 1.38 bits per heavy atom. The molecule has 94 valence electrons. The van der Waals surface area contributed by atoms with E-state index in [9.17, 15) is 0 Å². The molecule has 5 nitrogen and oxygen atoms in total. The fraction of sp³-hybridized carbons (Fsp3) is 1.00. The van der Waals surface area contributed by atoms with E-state index in [0.29, 0.717) is 19.8 Å². The summed E-state index contributed by atoms with van der Waals surface area (Å²) in [5.41, 5.74) is 5.89. The Labute approximate surface area is 96.2 Å². The number of ether oxygens (including phenoxy) is 4. The SMILES string of the molecule is COCCOC1C(N)CC1OC1CCOC1. The van der Waals surface area contributed by atoms with Gasteiger partial charge in [-0.3, -0.25) is 0 Å². The summed E-state index contributed by atoms with van der Waals surface area (Å²) in [4.78, 5) is 0. The molecule has 0 amide bonds. The van der Waals surface area contributed by atoms with Crippen LogP contribution >= 0.6 is 0 Å². The predicted octanol–water partition coefficient (Wildman–Crippen LogP) is -0.0769. The van der Waals surface area contributed by atoms with Gasteiger partial charge in [0.1, 0.15) is 0 Å². The molecule has 1 heterocycles. The van der Waals surface area contributed by atoms with Crippen LogP contribution in [0.5, 0.6) is 0 Å².